The highest BCUT2D eigenvalue weighted by molar-refractivity contribution is 5.42. The molecule has 0 aromatic heterocycles. The minimum absolute atomic E-state index is 0.226. The fraction of sp³-hybridized carbons (Fsp3) is 0.250. The van der Waals surface area contributed by atoms with E-state index >= 15 is 0 Å². The number of fused-ring (bicyclic) bond motifs is 1. The molecule has 3 rings (SSSR count). The first-order valence-corrected chi connectivity index (χ1v) is 6.36. The molecule has 0 spiro atoms. The summed E-state index contributed by atoms with van der Waals surface area (Å²) < 4.78 is 5.76. The van der Waals surface area contributed by atoms with Crippen LogP contribution in [-0.4, -0.2) is 13.2 Å². The van der Waals surface area contributed by atoms with Crippen LogP contribution in [0.5, 0.6) is 5.75 Å². The van der Waals surface area contributed by atoms with E-state index in [9.17, 15) is 0 Å². The van der Waals surface area contributed by atoms with E-state index in [0.29, 0.717) is 0 Å². The van der Waals surface area contributed by atoms with Crippen molar-refractivity contribution in [3.05, 3.63) is 65.2 Å². The molecule has 18 heavy (non-hydrogen) atoms. The molecule has 1 N–H and O–H groups in total. The lowest BCUT2D eigenvalue weighted by Crippen LogP contribution is -2.23. The van der Waals surface area contributed by atoms with E-state index in [2.05, 4.69) is 48.6 Å². The third-order valence-corrected chi connectivity index (χ3v) is 3.35. The van der Waals surface area contributed by atoms with E-state index in [4.69, 9.17) is 4.74 Å². The van der Waals surface area contributed by atoms with Crippen molar-refractivity contribution in [1.29, 1.82) is 0 Å². The Balaban J connectivity index is 2.03. The summed E-state index contributed by atoms with van der Waals surface area (Å²) in [5.74, 6) is 0.994. The fourth-order valence-electron chi connectivity index (χ4n) is 2.38. The van der Waals surface area contributed by atoms with Crippen molar-refractivity contribution in [2.45, 2.75) is 13.0 Å². The number of nitrogens with one attached hydrogen (secondary N) is 1. The highest BCUT2D eigenvalue weighted by Gasteiger charge is 2.20. The molecule has 0 radical (unpaired) electrons. The van der Waals surface area contributed by atoms with Gasteiger partial charge in [-0.2, -0.15) is 0 Å². The summed E-state index contributed by atoms with van der Waals surface area (Å²) in [5.41, 5.74) is 3.80. The quantitative estimate of drug-likeness (QED) is 0.825. The van der Waals surface area contributed by atoms with Crippen LogP contribution < -0.4 is 10.1 Å². The Labute approximate surface area is 108 Å². The van der Waals surface area contributed by atoms with Gasteiger partial charge >= 0.3 is 0 Å². The van der Waals surface area contributed by atoms with Gasteiger partial charge in [-0.3, -0.25) is 0 Å². The molecule has 1 unspecified atom stereocenters. The molecule has 2 aromatic carbocycles. The van der Waals surface area contributed by atoms with Crippen molar-refractivity contribution < 1.29 is 4.74 Å². The molecule has 1 heterocycles. The zero-order chi connectivity index (χ0) is 12.4. The summed E-state index contributed by atoms with van der Waals surface area (Å²) in [6.45, 7) is 3.70. The maximum atomic E-state index is 5.76. The number of para-hydroxylation sites is 1. The molecule has 0 fully saturated rings. The first-order chi connectivity index (χ1) is 8.84. The molecule has 0 amide bonds. The number of rotatable bonds is 1. The second-order valence-electron chi connectivity index (χ2n) is 4.68. The van der Waals surface area contributed by atoms with Gasteiger partial charge in [0.1, 0.15) is 12.4 Å². The molecule has 0 saturated heterocycles. The summed E-state index contributed by atoms with van der Waals surface area (Å²) in [7, 11) is 0. The Morgan fingerprint density at radius 3 is 2.67 bits per heavy atom. The number of aryl methyl sites for hydroxylation is 1. The van der Waals surface area contributed by atoms with Crippen molar-refractivity contribution in [3.8, 4) is 5.75 Å². The average Bonchev–Trinajstić information content (AvgIpc) is 2.62. The fourth-order valence-corrected chi connectivity index (χ4v) is 2.38. The molecule has 2 heteroatoms. The molecule has 1 aliphatic rings. The standard InChI is InChI=1S/C16H17NO/c1-12-6-8-13(9-7-12)16-14-4-2-3-5-15(14)18-11-10-17-16/h2-9,16-17H,10-11H2,1H3. The lowest BCUT2D eigenvalue weighted by molar-refractivity contribution is 0.325. The molecule has 0 aliphatic carbocycles. The molecule has 92 valence electrons. The van der Waals surface area contributed by atoms with E-state index in [1.165, 1.54) is 16.7 Å². The zero-order valence-electron chi connectivity index (χ0n) is 10.5. The van der Waals surface area contributed by atoms with Crippen LogP contribution in [0.2, 0.25) is 0 Å². The minimum atomic E-state index is 0.226. The van der Waals surface area contributed by atoms with E-state index in [0.717, 1.165) is 18.9 Å². The summed E-state index contributed by atoms with van der Waals surface area (Å²) in [5, 5.41) is 3.55. The van der Waals surface area contributed by atoms with E-state index in [-0.39, 0.29) is 6.04 Å². The van der Waals surface area contributed by atoms with Crippen LogP contribution in [0.15, 0.2) is 48.5 Å². The molecular formula is C16H17NO. The van der Waals surface area contributed by atoms with Crippen LogP contribution in [0.25, 0.3) is 0 Å². The van der Waals surface area contributed by atoms with Gasteiger partial charge in [0, 0.05) is 12.1 Å². The smallest absolute Gasteiger partial charge is 0.124 e. The van der Waals surface area contributed by atoms with Crippen LogP contribution in [0, 0.1) is 6.92 Å². The van der Waals surface area contributed by atoms with Gasteiger partial charge in [-0.15, -0.1) is 0 Å². The molecule has 1 aliphatic heterocycles. The van der Waals surface area contributed by atoms with Gasteiger partial charge in [-0.05, 0) is 18.6 Å². The molecule has 0 bridgehead atoms. The van der Waals surface area contributed by atoms with Crippen molar-refractivity contribution in [2.24, 2.45) is 0 Å². The van der Waals surface area contributed by atoms with Gasteiger partial charge in [-0.1, -0.05) is 48.0 Å². The SMILES string of the molecule is Cc1ccc(C2NCCOc3ccccc32)cc1. The monoisotopic (exact) mass is 239 g/mol. The van der Waals surface area contributed by atoms with Crippen LogP contribution in [0.4, 0.5) is 0 Å². The Morgan fingerprint density at radius 2 is 1.83 bits per heavy atom. The lowest BCUT2D eigenvalue weighted by atomic mass is 9.97. The van der Waals surface area contributed by atoms with Gasteiger partial charge in [0.2, 0.25) is 0 Å². The van der Waals surface area contributed by atoms with E-state index in [1.807, 2.05) is 12.1 Å². The summed E-state index contributed by atoms with van der Waals surface area (Å²) in [6.07, 6.45) is 0. The Bertz CT molecular complexity index is 533. The van der Waals surface area contributed by atoms with Crippen LogP contribution >= 0.6 is 0 Å². The topological polar surface area (TPSA) is 21.3 Å². The Hall–Kier alpha value is -1.80. The van der Waals surface area contributed by atoms with Crippen LogP contribution in [0.1, 0.15) is 22.7 Å². The highest BCUT2D eigenvalue weighted by atomic mass is 16.5. The highest BCUT2D eigenvalue weighted by Crippen LogP contribution is 2.31. The lowest BCUT2D eigenvalue weighted by Gasteiger charge is -2.18. The zero-order valence-corrected chi connectivity index (χ0v) is 10.5. The third kappa shape index (κ3) is 2.12. The summed E-state index contributed by atoms with van der Waals surface area (Å²) >= 11 is 0. The summed E-state index contributed by atoms with van der Waals surface area (Å²) in [4.78, 5) is 0. The second-order valence-corrected chi connectivity index (χ2v) is 4.68. The predicted octanol–water partition coefficient (Wildman–Crippen LogP) is 3.07. The maximum Gasteiger partial charge on any atom is 0.124 e. The average molecular weight is 239 g/mol. The van der Waals surface area contributed by atoms with Gasteiger partial charge in [0.05, 0.1) is 6.04 Å². The van der Waals surface area contributed by atoms with Gasteiger partial charge in [0.15, 0.2) is 0 Å². The number of benzene rings is 2. The van der Waals surface area contributed by atoms with Gasteiger partial charge in [-0.25, -0.2) is 0 Å². The molecule has 0 saturated carbocycles. The van der Waals surface area contributed by atoms with Crippen molar-refractivity contribution >= 4 is 0 Å². The first kappa shape index (κ1) is 11.3. The predicted molar refractivity (Wildman–Crippen MR) is 73.0 cm³/mol. The summed E-state index contributed by atoms with van der Waals surface area (Å²) in [6, 6.07) is 17.2. The van der Waals surface area contributed by atoms with Crippen molar-refractivity contribution in [1.82, 2.24) is 5.32 Å². The van der Waals surface area contributed by atoms with Crippen molar-refractivity contribution in [3.63, 3.8) is 0 Å². The molecule has 2 aromatic rings. The number of ether oxygens (including phenoxy) is 1. The normalized spacial score (nSPS) is 18.6. The Morgan fingerprint density at radius 1 is 1.06 bits per heavy atom. The van der Waals surface area contributed by atoms with Crippen LogP contribution in [-0.2, 0) is 0 Å². The van der Waals surface area contributed by atoms with Gasteiger partial charge < -0.3 is 10.1 Å². The van der Waals surface area contributed by atoms with E-state index in [1.54, 1.807) is 0 Å². The second kappa shape index (κ2) is 4.83. The van der Waals surface area contributed by atoms with Crippen LogP contribution in [0.3, 0.4) is 0 Å². The maximum absolute atomic E-state index is 5.76. The Kier molecular flexibility index (Phi) is 3.03. The third-order valence-electron chi connectivity index (χ3n) is 3.35. The molecule has 2 nitrogen and oxygen atoms in total. The first-order valence-electron chi connectivity index (χ1n) is 6.36. The number of hydrogen-bond donors (Lipinski definition) is 1. The van der Waals surface area contributed by atoms with E-state index < -0.39 is 0 Å². The molecular weight excluding hydrogens is 222 g/mol. The van der Waals surface area contributed by atoms with Crippen molar-refractivity contribution in [2.75, 3.05) is 13.2 Å². The largest absolute Gasteiger partial charge is 0.492 e. The molecule has 1 atom stereocenters. The number of hydrogen-bond acceptors (Lipinski definition) is 2. The minimum Gasteiger partial charge on any atom is -0.492 e. The van der Waals surface area contributed by atoms with Gasteiger partial charge in [0.25, 0.3) is 0 Å².